The second-order valence-corrected chi connectivity index (χ2v) is 9.80. The van der Waals surface area contributed by atoms with Crippen LogP contribution < -0.4 is 19.7 Å². The van der Waals surface area contributed by atoms with Gasteiger partial charge >= 0.3 is 6.03 Å². The minimum absolute atomic E-state index is 0.103. The maximum Gasteiger partial charge on any atom is 0.321 e. The van der Waals surface area contributed by atoms with Gasteiger partial charge in [-0.15, -0.1) is 0 Å². The molecule has 2 fully saturated rings. The maximum atomic E-state index is 13.0. The van der Waals surface area contributed by atoms with Crippen LogP contribution in [0.4, 0.5) is 16.2 Å². The lowest BCUT2D eigenvalue weighted by Gasteiger charge is -2.32. The molecule has 9 heteroatoms. The average molecular weight is 510 g/mol. The molecule has 3 aromatic rings. The molecule has 190 valence electrons. The fourth-order valence-electron chi connectivity index (χ4n) is 5.26. The van der Waals surface area contributed by atoms with Crippen molar-refractivity contribution >= 4 is 39.9 Å². The quantitative estimate of drug-likeness (QED) is 0.475. The molecule has 2 saturated heterocycles. The van der Waals surface area contributed by atoms with Gasteiger partial charge < -0.3 is 24.6 Å². The summed E-state index contributed by atoms with van der Waals surface area (Å²) in [5, 5.41) is 4.66. The number of ether oxygens (including phenoxy) is 2. The smallest absolute Gasteiger partial charge is 0.321 e. The van der Waals surface area contributed by atoms with E-state index in [1.807, 2.05) is 35.2 Å². The first-order chi connectivity index (χ1) is 17.6. The van der Waals surface area contributed by atoms with Crippen LogP contribution in [-0.2, 0) is 0 Å². The molecule has 8 nitrogen and oxygen atoms in total. The Balaban J connectivity index is 1.23. The molecule has 2 aliphatic heterocycles. The highest BCUT2D eigenvalue weighted by Crippen LogP contribution is 2.37. The number of likely N-dealkylation sites (tertiary alicyclic amines) is 1. The molecule has 0 aliphatic carbocycles. The number of benzene rings is 2. The summed E-state index contributed by atoms with van der Waals surface area (Å²) in [4.78, 5) is 26.2. The molecule has 1 N–H and O–H groups in total. The minimum atomic E-state index is -0.103. The number of carbonyl (C=O) groups excluding carboxylic acids is 1. The molecule has 0 unspecified atom stereocenters. The van der Waals surface area contributed by atoms with Gasteiger partial charge in [0.05, 0.1) is 36.1 Å². The Labute approximate surface area is 216 Å². The van der Waals surface area contributed by atoms with Gasteiger partial charge in [-0.1, -0.05) is 11.6 Å². The van der Waals surface area contributed by atoms with Gasteiger partial charge in [-0.3, -0.25) is 0 Å². The summed E-state index contributed by atoms with van der Waals surface area (Å²) in [7, 11) is 3.24. The molecule has 36 heavy (non-hydrogen) atoms. The first-order valence-corrected chi connectivity index (χ1v) is 12.9. The molecular weight excluding hydrogens is 478 g/mol. The van der Waals surface area contributed by atoms with E-state index in [9.17, 15) is 4.79 Å². The van der Waals surface area contributed by atoms with Gasteiger partial charge in [-0.25, -0.2) is 14.8 Å². The van der Waals surface area contributed by atoms with Crippen LogP contribution in [-0.4, -0.2) is 61.3 Å². The van der Waals surface area contributed by atoms with Gasteiger partial charge in [0.15, 0.2) is 11.5 Å². The lowest BCUT2D eigenvalue weighted by Crippen LogP contribution is -2.40. The van der Waals surface area contributed by atoms with Crippen LogP contribution in [0, 0.1) is 0 Å². The Bertz CT molecular complexity index is 1240. The number of fused-ring (bicyclic) bond motifs is 1. The third-order valence-corrected chi connectivity index (χ3v) is 7.54. The first kappa shape index (κ1) is 24.4. The molecular formula is C27H32ClN5O3. The van der Waals surface area contributed by atoms with Crippen molar-refractivity contribution in [1.82, 2.24) is 14.9 Å². The van der Waals surface area contributed by atoms with Gasteiger partial charge in [0, 0.05) is 49.2 Å². The van der Waals surface area contributed by atoms with Gasteiger partial charge in [-0.2, -0.15) is 0 Å². The number of nitrogens with zero attached hydrogens (tertiary/aromatic N) is 4. The molecule has 1 aromatic heterocycles. The van der Waals surface area contributed by atoms with E-state index >= 15 is 0 Å². The molecule has 0 saturated carbocycles. The van der Waals surface area contributed by atoms with Crippen LogP contribution in [0.1, 0.15) is 43.7 Å². The fourth-order valence-corrected chi connectivity index (χ4v) is 5.56. The SMILES string of the molecule is COc1cc2ncnc(C3CCN(C(=O)Nc4ccc(N5CCCCC5)c(Cl)c4)CC3)c2cc1OC. The zero-order valence-corrected chi connectivity index (χ0v) is 21.6. The number of hydrogen-bond donors (Lipinski definition) is 1. The Kier molecular flexibility index (Phi) is 7.32. The Morgan fingerprint density at radius 1 is 0.972 bits per heavy atom. The monoisotopic (exact) mass is 509 g/mol. The molecule has 0 atom stereocenters. The zero-order chi connectivity index (χ0) is 25.1. The molecule has 2 aliphatic rings. The van der Waals surface area contributed by atoms with E-state index in [-0.39, 0.29) is 11.9 Å². The van der Waals surface area contributed by atoms with Crippen LogP contribution in [0.15, 0.2) is 36.7 Å². The highest BCUT2D eigenvalue weighted by atomic mass is 35.5. The van der Waals surface area contributed by atoms with E-state index in [0.717, 1.165) is 53.9 Å². The minimum Gasteiger partial charge on any atom is -0.493 e. The summed E-state index contributed by atoms with van der Waals surface area (Å²) in [6, 6.07) is 9.52. The first-order valence-electron chi connectivity index (χ1n) is 12.5. The Hall–Kier alpha value is -3.26. The van der Waals surface area contributed by atoms with E-state index in [0.29, 0.717) is 29.6 Å². The van der Waals surface area contributed by atoms with E-state index in [4.69, 9.17) is 21.1 Å². The van der Waals surface area contributed by atoms with Crippen molar-refractivity contribution in [3.05, 3.63) is 47.4 Å². The molecule has 0 spiro atoms. The molecule has 0 bridgehead atoms. The van der Waals surface area contributed by atoms with E-state index in [2.05, 4.69) is 20.2 Å². The van der Waals surface area contributed by atoms with Crippen molar-refractivity contribution in [3.63, 3.8) is 0 Å². The highest BCUT2D eigenvalue weighted by Gasteiger charge is 2.27. The standard InChI is InChI=1S/C27H32ClN5O3/c1-35-24-15-20-22(16-25(24)36-2)29-17-30-26(20)18-8-12-33(13-9-18)27(34)31-19-6-7-23(21(28)14-19)32-10-4-3-5-11-32/h6-7,14-18H,3-5,8-13H2,1-2H3,(H,31,34). The number of amides is 2. The van der Waals surface area contributed by atoms with Crippen LogP contribution in [0.25, 0.3) is 10.9 Å². The lowest BCUT2D eigenvalue weighted by atomic mass is 9.91. The number of halogens is 1. The number of piperidine rings is 2. The van der Waals surface area contributed by atoms with Crippen molar-refractivity contribution in [2.45, 2.75) is 38.0 Å². The summed E-state index contributed by atoms with van der Waals surface area (Å²) in [5.41, 5.74) is 3.57. The molecule has 3 heterocycles. The number of hydrogen-bond acceptors (Lipinski definition) is 6. The second kappa shape index (κ2) is 10.8. The van der Waals surface area contributed by atoms with E-state index in [1.165, 1.54) is 19.3 Å². The number of anilines is 2. The maximum absolute atomic E-state index is 13.0. The van der Waals surface area contributed by atoms with Crippen molar-refractivity contribution in [1.29, 1.82) is 0 Å². The predicted molar refractivity (Wildman–Crippen MR) is 143 cm³/mol. The van der Waals surface area contributed by atoms with Crippen molar-refractivity contribution in [2.75, 3.05) is 50.6 Å². The summed E-state index contributed by atoms with van der Waals surface area (Å²) in [6.45, 7) is 3.36. The number of urea groups is 1. The summed E-state index contributed by atoms with van der Waals surface area (Å²) >= 11 is 6.57. The van der Waals surface area contributed by atoms with Crippen molar-refractivity contribution in [2.24, 2.45) is 0 Å². The number of nitrogens with one attached hydrogen (secondary N) is 1. The second-order valence-electron chi connectivity index (χ2n) is 9.39. The predicted octanol–water partition coefficient (Wildman–Crippen LogP) is 5.70. The van der Waals surface area contributed by atoms with Gasteiger partial charge in [-0.05, 0) is 56.4 Å². The van der Waals surface area contributed by atoms with Gasteiger partial charge in [0.1, 0.15) is 6.33 Å². The van der Waals surface area contributed by atoms with Crippen LogP contribution in [0.5, 0.6) is 11.5 Å². The van der Waals surface area contributed by atoms with Gasteiger partial charge in [0.25, 0.3) is 0 Å². The normalized spacial score (nSPS) is 16.8. The Morgan fingerprint density at radius 2 is 1.69 bits per heavy atom. The number of carbonyl (C=O) groups is 1. The highest BCUT2D eigenvalue weighted by molar-refractivity contribution is 6.33. The van der Waals surface area contributed by atoms with E-state index in [1.54, 1.807) is 20.5 Å². The van der Waals surface area contributed by atoms with Crippen LogP contribution >= 0.6 is 11.6 Å². The number of aromatic nitrogens is 2. The third kappa shape index (κ3) is 5.00. The topological polar surface area (TPSA) is 79.8 Å². The zero-order valence-electron chi connectivity index (χ0n) is 20.8. The molecule has 2 aromatic carbocycles. The molecule has 2 amide bonds. The lowest BCUT2D eigenvalue weighted by molar-refractivity contribution is 0.194. The number of rotatable bonds is 5. The number of methoxy groups -OCH3 is 2. The largest absolute Gasteiger partial charge is 0.493 e. The third-order valence-electron chi connectivity index (χ3n) is 7.24. The molecule has 5 rings (SSSR count). The van der Waals surface area contributed by atoms with E-state index < -0.39 is 0 Å². The van der Waals surface area contributed by atoms with Crippen molar-refractivity contribution < 1.29 is 14.3 Å². The summed E-state index contributed by atoms with van der Waals surface area (Å²) in [5.74, 6) is 1.53. The summed E-state index contributed by atoms with van der Waals surface area (Å²) < 4.78 is 10.9. The molecule has 0 radical (unpaired) electrons. The fraction of sp³-hybridized carbons (Fsp3) is 0.444. The Morgan fingerprint density at radius 3 is 2.39 bits per heavy atom. The van der Waals surface area contributed by atoms with Gasteiger partial charge in [0.2, 0.25) is 0 Å². The summed E-state index contributed by atoms with van der Waals surface area (Å²) in [6.07, 6.45) is 6.90. The van der Waals surface area contributed by atoms with Crippen LogP contribution in [0.2, 0.25) is 5.02 Å². The average Bonchev–Trinajstić information content (AvgIpc) is 2.92. The van der Waals surface area contributed by atoms with Crippen molar-refractivity contribution in [3.8, 4) is 11.5 Å². The van der Waals surface area contributed by atoms with Crippen LogP contribution in [0.3, 0.4) is 0 Å².